The third kappa shape index (κ3) is 3.26. The Bertz CT molecular complexity index is 981. The fourth-order valence-electron chi connectivity index (χ4n) is 2.61. The zero-order valence-corrected chi connectivity index (χ0v) is 15.1. The monoisotopic (exact) mass is 354 g/mol. The summed E-state index contributed by atoms with van der Waals surface area (Å²) in [4.78, 5) is 16.8. The van der Waals surface area contributed by atoms with E-state index in [9.17, 15) is 10.1 Å². The van der Waals surface area contributed by atoms with Gasteiger partial charge in [0.15, 0.2) is 5.16 Å². The average Bonchev–Trinajstić information content (AvgIpc) is 3.09. The molecule has 3 rings (SSSR count). The van der Waals surface area contributed by atoms with Crippen molar-refractivity contribution >= 4 is 34.6 Å². The standard InChI is InChI=1S/C18H18N4O2S/c1-4-22-15-8-6-5-7-14(15)20-18(22)25-10-16(23)21-17-13(9-19)11(2)12(3)24-17/h5-8H,4,10H2,1-3H3,(H,21,23). The van der Waals surface area contributed by atoms with Crippen molar-refractivity contribution in [1.82, 2.24) is 9.55 Å². The highest BCUT2D eigenvalue weighted by molar-refractivity contribution is 7.99. The van der Waals surface area contributed by atoms with Crippen molar-refractivity contribution in [2.75, 3.05) is 11.1 Å². The number of thioether (sulfide) groups is 1. The quantitative estimate of drug-likeness (QED) is 0.703. The van der Waals surface area contributed by atoms with Crippen molar-refractivity contribution in [3.05, 3.63) is 41.2 Å². The number of benzene rings is 1. The molecule has 0 saturated carbocycles. The zero-order chi connectivity index (χ0) is 18.0. The first kappa shape index (κ1) is 17.1. The Morgan fingerprint density at radius 1 is 1.40 bits per heavy atom. The minimum Gasteiger partial charge on any atom is -0.444 e. The topological polar surface area (TPSA) is 83.9 Å². The van der Waals surface area contributed by atoms with Crippen molar-refractivity contribution in [3.8, 4) is 6.07 Å². The Balaban J connectivity index is 1.73. The normalized spacial score (nSPS) is 10.8. The SMILES string of the molecule is CCn1c(SCC(=O)Nc2oc(C)c(C)c2C#N)nc2ccccc21. The summed E-state index contributed by atoms with van der Waals surface area (Å²) in [5, 5.41) is 12.7. The molecule has 0 aliphatic carbocycles. The fraction of sp³-hybridized carbons (Fsp3) is 0.278. The smallest absolute Gasteiger partial charge is 0.237 e. The number of anilines is 1. The summed E-state index contributed by atoms with van der Waals surface area (Å²) in [5.41, 5.74) is 3.09. The van der Waals surface area contributed by atoms with Gasteiger partial charge in [-0.05, 0) is 32.9 Å². The molecule has 0 bridgehead atoms. The lowest BCUT2D eigenvalue weighted by Crippen LogP contribution is -2.15. The van der Waals surface area contributed by atoms with Crippen LogP contribution < -0.4 is 5.32 Å². The molecule has 1 amide bonds. The Morgan fingerprint density at radius 3 is 2.88 bits per heavy atom. The minimum absolute atomic E-state index is 0.187. The van der Waals surface area contributed by atoms with Gasteiger partial charge in [0.2, 0.25) is 11.8 Å². The number of fused-ring (bicyclic) bond motifs is 1. The zero-order valence-electron chi connectivity index (χ0n) is 14.3. The maximum absolute atomic E-state index is 12.3. The number of aryl methyl sites for hydroxylation is 2. The number of carbonyl (C=O) groups is 1. The second kappa shape index (κ2) is 7.03. The van der Waals surface area contributed by atoms with Gasteiger partial charge in [-0.25, -0.2) is 4.98 Å². The molecule has 0 fully saturated rings. The number of carbonyl (C=O) groups excluding carboxylic acids is 1. The number of hydrogen-bond donors (Lipinski definition) is 1. The highest BCUT2D eigenvalue weighted by Crippen LogP contribution is 2.27. The highest BCUT2D eigenvalue weighted by atomic mass is 32.2. The number of nitriles is 1. The van der Waals surface area contributed by atoms with E-state index in [1.165, 1.54) is 11.8 Å². The maximum Gasteiger partial charge on any atom is 0.237 e. The highest BCUT2D eigenvalue weighted by Gasteiger charge is 2.17. The van der Waals surface area contributed by atoms with Crippen LogP contribution in [0.1, 0.15) is 23.8 Å². The van der Waals surface area contributed by atoms with Gasteiger partial charge < -0.3 is 8.98 Å². The first-order valence-corrected chi connectivity index (χ1v) is 8.91. The summed E-state index contributed by atoms with van der Waals surface area (Å²) in [7, 11) is 0. The molecule has 6 nitrogen and oxygen atoms in total. The van der Waals surface area contributed by atoms with Crippen LogP contribution in [0.4, 0.5) is 5.88 Å². The van der Waals surface area contributed by atoms with E-state index in [1.807, 2.05) is 31.2 Å². The number of aromatic nitrogens is 2. The van der Waals surface area contributed by atoms with E-state index in [1.54, 1.807) is 13.8 Å². The van der Waals surface area contributed by atoms with E-state index in [2.05, 4.69) is 20.9 Å². The third-order valence-electron chi connectivity index (χ3n) is 4.02. The molecule has 25 heavy (non-hydrogen) atoms. The Morgan fingerprint density at radius 2 is 2.16 bits per heavy atom. The molecule has 1 aromatic carbocycles. The number of nitrogens with zero attached hydrogens (tertiary/aromatic N) is 3. The van der Waals surface area contributed by atoms with Crippen molar-refractivity contribution in [3.63, 3.8) is 0 Å². The molecular formula is C18H18N4O2S. The van der Waals surface area contributed by atoms with Crippen LogP contribution in [0.5, 0.6) is 0 Å². The summed E-state index contributed by atoms with van der Waals surface area (Å²) >= 11 is 1.36. The van der Waals surface area contributed by atoms with Crippen LogP contribution in [0.25, 0.3) is 11.0 Å². The lowest BCUT2D eigenvalue weighted by atomic mass is 10.2. The van der Waals surface area contributed by atoms with Gasteiger partial charge in [0.1, 0.15) is 17.4 Å². The van der Waals surface area contributed by atoms with Crippen LogP contribution >= 0.6 is 11.8 Å². The summed E-state index contributed by atoms with van der Waals surface area (Å²) in [5.74, 6) is 0.803. The molecule has 1 N–H and O–H groups in total. The van der Waals surface area contributed by atoms with E-state index in [4.69, 9.17) is 4.42 Å². The van der Waals surface area contributed by atoms with Gasteiger partial charge in [-0.15, -0.1) is 0 Å². The molecule has 0 spiro atoms. The molecule has 0 aliphatic heterocycles. The lowest BCUT2D eigenvalue weighted by Gasteiger charge is -2.05. The van der Waals surface area contributed by atoms with Gasteiger partial charge >= 0.3 is 0 Å². The molecule has 0 saturated heterocycles. The number of hydrogen-bond acceptors (Lipinski definition) is 5. The largest absolute Gasteiger partial charge is 0.444 e. The molecule has 0 atom stereocenters. The van der Waals surface area contributed by atoms with E-state index >= 15 is 0 Å². The predicted molar refractivity (Wildman–Crippen MR) is 97.7 cm³/mol. The predicted octanol–water partition coefficient (Wildman–Crippen LogP) is 3.87. The first-order valence-electron chi connectivity index (χ1n) is 7.93. The maximum atomic E-state index is 12.3. The summed E-state index contributed by atoms with van der Waals surface area (Å²) < 4.78 is 7.55. The number of imidazole rings is 1. The second-order valence-corrected chi connectivity index (χ2v) is 6.51. The van der Waals surface area contributed by atoms with Gasteiger partial charge in [-0.2, -0.15) is 5.26 Å². The minimum atomic E-state index is -0.232. The molecular weight excluding hydrogens is 336 g/mol. The van der Waals surface area contributed by atoms with E-state index in [0.29, 0.717) is 11.3 Å². The second-order valence-electron chi connectivity index (χ2n) is 5.56. The lowest BCUT2D eigenvalue weighted by molar-refractivity contribution is -0.113. The summed E-state index contributed by atoms with van der Waals surface area (Å²) in [6, 6.07) is 9.96. The van der Waals surface area contributed by atoms with Crippen LogP contribution in [-0.4, -0.2) is 21.2 Å². The van der Waals surface area contributed by atoms with E-state index < -0.39 is 0 Å². The molecule has 7 heteroatoms. The van der Waals surface area contributed by atoms with Crippen molar-refractivity contribution in [1.29, 1.82) is 5.26 Å². The molecule has 2 aromatic heterocycles. The van der Waals surface area contributed by atoms with E-state index in [0.717, 1.165) is 28.3 Å². The van der Waals surface area contributed by atoms with Crippen molar-refractivity contribution < 1.29 is 9.21 Å². The first-order chi connectivity index (χ1) is 12.0. The molecule has 2 heterocycles. The fourth-order valence-corrected chi connectivity index (χ4v) is 3.49. The van der Waals surface area contributed by atoms with E-state index in [-0.39, 0.29) is 17.5 Å². The molecule has 3 aromatic rings. The van der Waals surface area contributed by atoms with Crippen LogP contribution in [0.15, 0.2) is 33.8 Å². The molecule has 0 unspecified atom stereocenters. The Hall–Kier alpha value is -2.72. The average molecular weight is 354 g/mol. The van der Waals surface area contributed by atoms with Crippen LogP contribution in [0.2, 0.25) is 0 Å². The van der Waals surface area contributed by atoms with Crippen molar-refractivity contribution in [2.24, 2.45) is 0 Å². The number of furan rings is 1. The van der Waals surface area contributed by atoms with Crippen LogP contribution in [0.3, 0.4) is 0 Å². The number of amides is 1. The summed E-state index contributed by atoms with van der Waals surface area (Å²) in [6.45, 7) is 6.39. The number of para-hydroxylation sites is 2. The van der Waals surface area contributed by atoms with Gasteiger partial charge in [-0.1, -0.05) is 23.9 Å². The van der Waals surface area contributed by atoms with Gasteiger partial charge in [-0.3, -0.25) is 10.1 Å². The van der Waals surface area contributed by atoms with Gasteiger partial charge in [0.25, 0.3) is 0 Å². The van der Waals surface area contributed by atoms with Gasteiger partial charge in [0.05, 0.1) is 16.8 Å². The van der Waals surface area contributed by atoms with Crippen LogP contribution in [0, 0.1) is 25.2 Å². The summed E-state index contributed by atoms with van der Waals surface area (Å²) in [6.07, 6.45) is 0. The van der Waals surface area contributed by atoms with Crippen molar-refractivity contribution in [2.45, 2.75) is 32.5 Å². The Kier molecular flexibility index (Phi) is 4.81. The molecule has 0 aliphatic rings. The number of nitrogens with one attached hydrogen (secondary N) is 1. The van der Waals surface area contributed by atoms with Crippen LogP contribution in [-0.2, 0) is 11.3 Å². The molecule has 128 valence electrons. The number of rotatable bonds is 5. The third-order valence-corrected chi connectivity index (χ3v) is 4.99. The molecule has 0 radical (unpaired) electrons. The van der Waals surface area contributed by atoms with Gasteiger partial charge in [0, 0.05) is 12.1 Å². The Labute approximate surface area is 149 Å².